The molecule has 2 atom stereocenters. The first-order valence-corrected chi connectivity index (χ1v) is 12.2. The van der Waals surface area contributed by atoms with Gasteiger partial charge in [-0.2, -0.15) is 13.2 Å². The van der Waals surface area contributed by atoms with E-state index in [2.05, 4.69) is 15.0 Å². The van der Waals surface area contributed by atoms with Crippen LogP contribution < -0.4 is 10.9 Å². The number of nitrogens with one attached hydrogen (secondary N) is 1. The third-order valence-electron chi connectivity index (χ3n) is 6.83. The molecule has 0 spiro atoms. The number of unbranched alkanes of at least 4 members (excludes halogenated alkanes) is 3. The maximum absolute atomic E-state index is 14.8. The molecule has 0 aliphatic carbocycles. The summed E-state index contributed by atoms with van der Waals surface area (Å²) >= 11 is 0. The Hall–Kier alpha value is -3.34. The summed E-state index contributed by atoms with van der Waals surface area (Å²) in [5.41, 5.74) is -6.71. The van der Waals surface area contributed by atoms with Crippen molar-refractivity contribution in [2.75, 3.05) is 5.32 Å². The quantitative estimate of drug-likeness (QED) is 0.232. The number of fused-ring (bicyclic) bond motifs is 1. The van der Waals surface area contributed by atoms with E-state index in [1.54, 1.807) is 0 Å². The molecular formula is C27H29F5N2O4. The van der Waals surface area contributed by atoms with Crippen LogP contribution in [0.4, 0.5) is 27.6 Å². The second kappa shape index (κ2) is 11.2. The van der Waals surface area contributed by atoms with E-state index in [4.69, 9.17) is 0 Å². The molecule has 1 heterocycles. The predicted octanol–water partition coefficient (Wildman–Crippen LogP) is 6.32. The molecular weight excluding hydrogens is 511 g/mol. The fourth-order valence-corrected chi connectivity index (χ4v) is 4.65. The Kier molecular flexibility index (Phi) is 8.60. The molecule has 3 rings (SSSR count). The van der Waals surface area contributed by atoms with Crippen LogP contribution >= 0.6 is 0 Å². The van der Waals surface area contributed by atoms with Gasteiger partial charge in [0.1, 0.15) is 0 Å². The maximum atomic E-state index is 14.8. The van der Waals surface area contributed by atoms with Crippen molar-refractivity contribution in [1.82, 2.24) is 5.16 Å². The minimum atomic E-state index is -5.46. The van der Waals surface area contributed by atoms with Crippen LogP contribution in [0.25, 0.3) is 10.8 Å². The minimum absolute atomic E-state index is 0.0321. The number of hydrogen-bond donors (Lipinski definition) is 2. The number of aliphatic hydroxyl groups is 1. The summed E-state index contributed by atoms with van der Waals surface area (Å²) in [5.74, 6) is -4.37. The van der Waals surface area contributed by atoms with Gasteiger partial charge >= 0.3 is 11.8 Å². The molecule has 1 amide bonds. The van der Waals surface area contributed by atoms with E-state index >= 15 is 0 Å². The van der Waals surface area contributed by atoms with E-state index in [0.29, 0.717) is 12.8 Å². The van der Waals surface area contributed by atoms with Crippen molar-refractivity contribution in [3.05, 3.63) is 69.7 Å². The van der Waals surface area contributed by atoms with Gasteiger partial charge in [0.05, 0.1) is 11.1 Å². The Labute approximate surface area is 215 Å². The van der Waals surface area contributed by atoms with Gasteiger partial charge in [0.25, 0.3) is 5.91 Å². The van der Waals surface area contributed by atoms with Gasteiger partial charge in [0, 0.05) is 17.5 Å². The fourth-order valence-electron chi connectivity index (χ4n) is 4.65. The number of amides is 1. The number of aromatic nitrogens is 1. The van der Waals surface area contributed by atoms with Crippen molar-refractivity contribution < 1.29 is 36.4 Å². The zero-order valence-corrected chi connectivity index (χ0v) is 21.2. The van der Waals surface area contributed by atoms with Crippen molar-refractivity contribution in [2.24, 2.45) is 0 Å². The van der Waals surface area contributed by atoms with Crippen LogP contribution in [0.15, 0.2) is 45.7 Å². The predicted molar refractivity (Wildman–Crippen MR) is 132 cm³/mol. The molecule has 2 N–H and O–H groups in total. The Balaban J connectivity index is 2.02. The Morgan fingerprint density at radius 2 is 1.79 bits per heavy atom. The van der Waals surface area contributed by atoms with Crippen molar-refractivity contribution >= 4 is 22.4 Å². The number of rotatable bonds is 10. The Morgan fingerprint density at radius 3 is 2.45 bits per heavy atom. The number of carbonyl (C=O) groups is 1. The van der Waals surface area contributed by atoms with Gasteiger partial charge in [-0.05, 0) is 48.6 Å². The van der Waals surface area contributed by atoms with E-state index in [1.807, 2.05) is 6.92 Å². The fraction of sp³-hybridized carbons (Fsp3) is 0.444. The molecule has 0 radical (unpaired) electrons. The van der Waals surface area contributed by atoms with Gasteiger partial charge in [0.15, 0.2) is 11.6 Å². The molecule has 38 heavy (non-hydrogen) atoms. The number of hydrogen-bond acceptors (Lipinski definition) is 5. The lowest BCUT2D eigenvalue weighted by Gasteiger charge is -2.39. The third-order valence-corrected chi connectivity index (χ3v) is 6.83. The summed E-state index contributed by atoms with van der Waals surface area (Å²) in [7, 11) is 0. The second-order valence-corrected chi connectivity index (χ2v) is 9.78. The van der Waals surface area contributed by atoms with Crippen LogP contribution in [-0.2, 0) is 10.2 Å². The molecule has 2 aromatic carbocycles. The highest BCUT2D eigenvalue weighted by Gasteiger charge is 2.62. The number of carbonyl (C=O) groups excluding carboxylic acids is 1. The molecule has 0 saturated carbocycles. The van der Waals surface area contributed by atoms with Gasteiger partial charge in [-0.25, -0.2) is 13.6 Å². The lowest BCUT2D eigenvalue weighted by molar-refractivity contribution is -0.255. The molecule has 2 unspecified atom stereocenters. The monoisotopic (exact) mass is 540 g/mol. The van der Waals surface area contributed by atoms with Gasteiger partial charge < -0.3 is 14.9 Å². The van der Waals surface area contributed by atoms with Gasteiger partial charge in [-0.1, -0.05) is 56.8 Å². The largest absolute Gasteiger partial charge is 0.426 e. The lowest BCUT2D eigenvalue weighted by atomic mass is 9.69. The highest BCUT2D eigenvalue weighted by Crippen LogP contribution is 2.45. The highest BCUT2D eigenvalue weighted by molar-refractivity contribution is 5.99. The minimum Gasteiger partial charge on any atom is -0.373 e. The summed E-state index contributed by atoms with van der Waals surface area (Å²) < 4.78 is 76.6. The number of nitrogens with zero attached hydrogens (tertiary/aromatic N) is 1. The smallest absolute Gasteiger partial charge is 0.373 e. The van der Waals surface area contributed by atoms with Crippen molar-refractivity contribution in [3.8, 4) is 0 Å². The van der Waals surface area contributed by atoms with Crippen LogP contribution in [0.1, 0.15) is 63.6 Å². The van der Waals surface area contributed by atoms with E-state index in [0.717, 1.165) is 25.0 Å². The van der Waals surface area contributed by atoms with Crippen LogP contribution in [-0.4, -0.2) is 27.9 Å². The normalized spacial score (nSPS) is 15.2. The number of halogens is 5. The lowest BCUT2D eigenvalue weighted by Crippen LogP contribution is -2.57. The summed E-state index contributed by atoms with van der Waals surface area (Å²) in [6.45, 7) is 4.72. The summed E-state index contributed by atoms with van der Waals surface area (Å²) in [4.78, 5) is 24.9. The zero-order valence-electron chi connectivity index (χ0n) is 21.2. The molecule has 0 bridgehead atoms. The van der Waals surface area contributed by atoms with Crippen LogP contribution in [0.5, 0.6) is 0 Å². The molecule has 0 aliphatic rings. The average molecular weight is 541 g/mol. The molecule has 6 nitrogen and oxygen atoms in total. The van der Waals surface area contributed by atoms with Crippen LogP contribution in [0.2, 0.25) is 0 Å². The molecule has 3 aromatic rings. The summed E-state index contributed by atoms with van der Waals surface area (Å²) in [6.07, 6.45) is -4.13. The molecule has 1 aromatic heterocycles. The van der Waals surface area contributed by atoms with E-state index in [-0.39, 0.29) is 34.1 Å². The molecule has 206 valence electrons. The van der Waals surface area contributed by atoms with Crippen LogP contribution in [0.3, 0.4) is 0 Å². The first-order chi connectivity index (χ1) is 17.7. The number of alkyl halides is 3. The SMILES string of the molecule is CCCCCCC(C)(CC(O)(C(=O)Nc1ccc2c(=O)onc(C)c2c1)C(F)(F)F)c1cccc(F)c1F. The summed E-state index contributed by atoms with van der Waals surface area (Å²) in [5, 5.41) is 16.9. The van der Waals surface area contributed by atoms with E-state index in [9.17, 15) is 36.6 Å². The molecule has 0 aliphatic heterocycles. The topological polar surface area (TPSA) is 92.4 Å². The molecule has 11 heteroatoms. The van der Waals surface area contributed by atoms with Gasteiger partial charge in [0.2, 0.25) is 5.60 Å². The van der Waals surface area contributed by atoms with Crippen molar-refractivity contribution in [2.45, 2.75) is 76.5 Å². The average Bonchev–Trinajstić information content (AvgIpc) is 2.85. The Morgan fingerprint density at radius 1 is 1.08 bits per heavy atom. The molecule has 0 fully saturated rings. The van der Waals surface area contributed by atoms with Gasteiger partial charge in [-0.3, -0.25) is 4.79 Å². The number of anilines is 1. The zero-order chi connectivity index (χ0) is 28.3. The van der Waals surface area contributed by atoms with Gasteiger partial charge in [-0.15, -0.1) is 0 Å². The number of aryl methyl sites for hydroxylation is 1. The van der Waals surface area contributed by atoms with Crippen LogP contribution in [0, 0.1) is 18.6 Å². The van der Waals surface area contributed by atoms with E-state index in [1.165, 1.54) is 38.1 Å². The van der Waals surface area contributed by atoms with E-state index < -0.39 is 46.8 Å². The number of benzene rings is 2. The standard InChI is InChI=1S/C27H29F5N2O4/c1-4-5-6-7-13-25(3,20-9-8-10-21(28)22(20)29)15-26(37,27(30,31)32)24(36)33-17-11-12-18-19(14-17)16(2)34-38-23(18)35/h8-12,14,37H,4-7,13,15H2,1-3H3,(H,33,36). The summed E-state index contributed by atoms with van der Waals surface area (Å²) in [6, 6.07) is 6.85. The first kappa shape index (κ1) is 29.2. The third kappa shape index (κ3) is 5.87. The van der Waals surface area contributed by atoms with Crippen molar-refractivity contribution in [1.29, 1.82) is 0 Å². The first-order valence-electron chi connectivity index (χ1n) is 12.2. The highest BCUT2D eigenvalue weighted by atomic mass is 19.4. The second-order valence-electron chi connectivity index (χ2n) is 9.78. The maximum Gasteiger partial charge on any atom is 0.426 e. The Bertz CT molecular complexity index is 1370. The van der Waals surface area contributed by atoms with Crippen molar-refractivity contribution in [3.63, 3.8) is 0 Å². The molecule has 0 saturated heterocycles.